The summed E-state index contributed by atoms with van der Waals surface area (Å²) in [5, 5.41) is 3.23. The summed E-state index contributed by atoms with van der Waals surface area (Å²) in [6.45, 7) is -0.0155. The van der Waals surface area contributed by atoms with Crippen LogP contribution in [0.1, 0.15) is 11.1 Å². The van der Waals surface area contributed by atoms with Gasteiger partial charge >= 0.3 is 6.18 Å². The van der Waals surface area contributed by atoms with Crippen LogP contribution in [0.2, 0.25) is 5.02 Å². The van der Waals surface area contributed by atoms with Gasteiger partial charge in [-0.25, -0.2) is 13.1 Å². The Bertz CT molecular complexity index is 727. The topological polar surface area (TPSA) is 46.2 Å². The Balaban J connectivity index is 2.31. The highest BCUT2D eigenvalue weighted by Crippen LogP contribution is 2.33. The van der Waals surface area contributed by atoms with Crippen molar-refractivity contribution in [2.45, 2.75) is 17.6 Å². The molecule has 1 N–H and O–H groups in total. The minimum atomic E-state index is -4.64. The zero-order valence-corrected chi connectivity index (χ0v) is 12.7. The Morgan fingerprint density at radius 1 is 1.24 bits per heavy atom. The predicted molar refractivity (Wildman–Crippen MR) is 74.8 cm³/mol. The fourth-order valence-corrected chi connectivity index (χ4v) is 3.74. The Kier molecular flexibility index (Phi) is 4.62. The van der Waals surface area contributed by atoms with Crippen molar-refractivity contribution >= 4 is 33.0 Å². The summed E-state index contributed by atoms with van der Waals surface area (Å²) in [4.78, 5) is -0.589. The lowest BCUT2D eigenvalue weighted by atomic mass is 10.2. The molecule has 1 heterocycles. The van der Waals surface area contributed by atoms with Crippen molar-refractivity contribution in [1.82, 2.24) is 4.72 Å². The Labute approximate surface area is 128 Å². The first-order valence-electron chi connectivity index (χ1n) is 5.57. The molecule has 0 saturated carbocycles. The van der Waals surface area contributed by atoms with E-state index in [1.165, 1.54) is 11.3 Å². The second-order valence-electron chi connectivity index (χ2n) is 4.10. The van der Waals surface area contributed by atoms with Gasteiger partial charge in [-0.05, 0) is 40.6 Å². The van der Waals surface area contributed by atoms with Crippen LogP contribution in [0.5, 0.6) is 0 Å². The fraction of sp³-hybridized carbons (Fsp3) is 0.167. The third-order valence-corrected chi connectivity index (χ3v) is 5.21. The zero-order chi connectivity index (χ0) is 15.7. The van der Waals surface area contributed by atoms with E-state index in [0.717, 1.165) is 12.1 Å². The summed E-state index contributed by atoms with van der Waals surface area (Å²) in [5.41, 5.74) is -0.352. The molecule has 0 amide bonds. The van der Waals surface area contributed by atoms with Gasteiger partial charge in [0, 0.05) is 6.54 Å². The van der Waals surface area contributed by atoms with Gasteiger partial charge in [-0.3, -0.25) is 0 Å². The van der Waals surface area contributed by atoms with Gasteiger partial charge in [0.15, 0.2) is 0 Å². The van der Waals surface area contributed by atoms with E-state index in [1.807, 2.05) is 0 Å². The van der Waals surface area contributed by atoms with Crippen LogP contribution in [0.3, 0.4) is 0 Å². The smallest absolute Gasteiger partial charge is 0.207 e. The molecule has 1 aromatic heterocycles. The lowest BCUT2D eigenvalue weighted by Crippen LogP contribution is -2.23. The molecule has 2 rings (SSSR count). The normalized spacial score (nSPS) is 12.6. The molecule has 0 saturated heterocycles. The number of hydrogen-bond acceptors (Lipinski definition) is 3. The highest BCUT2D eigenvalue weighted by Gasteiger charge is 2.32. The molecule has 3 nitrogen and oxygen atoms in total. The molecule has 0 aliphatic carbocycles. The fourth-order valence-electron chi connectivity index (χ4n) is 1.53. The second kappa shape index (κ2) is 5.96. The molecule has 21 heavy (non-hydrogen) atoms. The Morgan fingerprint density at radius 3 is 2.52 bits per heavy atom. The van der Waals surface area contributed by atoms with E-state index < -0.39 is 26.7 Å². The number of sulfonamides is 1. The number of nitrogens with one attached hydrogen (secondary N) is 1. The summed E-state index contributed by atoms with van der Waals surface area (Å²) in [6, 6.07) is 3.89. The van der Waals surface area contributed by atoms with E-state index in [0.29, 0.717) is 11.6 Å². The molecule has 0 spiro atoms. The first-order chi connectivity index (χ1) is 9.70. The van der Waals surface area contributed by atoms with Crippen LogP contribution in [0.15, 0.2) is 39.9 Å². The van der Waals surface area contributed by atoms with Crippen molar-refractivity contribution in [3.8, 4) is 0 Å². The quantitative estimate of drug-likeness (QED) is 0.904. The first kappa shape index (κ1) is 16.3. The minimum Gasteiger partial charge on any atom is -0.207 e. The third-order valence-electron chi connectivity index (χ3n) is 2.59. The van der Waals surface area contributed by atoms with Crippen LogP contribution < -0.4 is 4.72 Å². The standard InChI is InChI=1S/C12H9ClF3NO2S2/c13-10-2-1-9(12(14,15)16)5-11(10)21(18,19)17-6-8-3-4-20-7-8/h1-5,7,17H,6H2. The Morgan fingerprint density at radius 2 is 1.95 bits per heavy atom. The number of benzene rings is 1. The molecule has 0 aliphatic rings. The zero-order valence-electron chi connectivity index (χ0n) is 10.3. The molecule has 0 bridgehead atoms. The van der Waals surface area contributed by atoms with Gasteiger partial charge < -0.3 is 0 Å². The number of alkyl halides is 3. The third kappa shape index (κ3) is 3.97. The van der Waals surface area contributed by atoms with Crippen LogP contribution in [-0.2, 0) is 22.7 Å². The maximum atomic E-state index is 12.6. The lowest BCUT2D eigenvalue weighted by molar-refractivity contribution is -0.137. The van der Waals surface area contributed by atoms with Gasteiger partial charge in [0.05, 0.1) is 10.6 Å². The van der Waals surface area contributed by atoms with Gasteiger partial charge in [0.25, 0.3) is 0 Å². The molecule has 114 valence electrons. The van der Waals surface area contributed by atoms with E-state index in [2.05, 4.69) is 4.72 Å². The monoisotopic (exact) mass is 355 g/mol. The van der Waals surface area contributed by atoms with Crippen molar-refractivity contribution in [3.05, 3.63) is 51.2 Å². The van der Waals surface area contributed by atoms with E-state index in [-0.39, 0.29) is 11.6 Å². The van der Waals surface area contributed by atoms with Gasteiger partial charge in [-0.2, -0.15) is 24.5 Å². The SMILES string of the molecule is O=S(=O)(NCc1ccsc1)c1cc(C(F)(F)F)ccc1Cl. The van der Waals surface area contributed by atoms with Crippen molar-refractivity contribution in [2.24, 2.45) is 0 Å². The number of thiophene rings is 1. The van der Waals surface area contributed by atoms with Crippen LogP contribution in [0.4, 0.5) is 13.2 Å². The molecular weight excluding hydrogens is 347 g/mol. The highest BCUT2D eigenvalue weighted by atomic mass is 35.5. The molecule has 0 atom stereocenters. The molecule has 0 radical (unpaired) electrons. The largest absolute Gasteiger partial charge is 0.416 e. The summed E-state index contributed by atoms with van der Waals surface area (Å²) in [6.07, 6.45) is -4.64. The average molecular weight is 356 g/mol. The number of halogens is 4. The van der Waals surface area contributed by atoms with E-state index >= 15 is 0 Å². The minimum absolute atomic E-state index is 0.0155. The summed E-state index contributed by atoms with van der Waals surface area (Å²) < 4.78 is 64.3. The van der Waals surface area contributed by atoms with Crippen molar-refractivity contribution in [1.29, 1.82) is 0 Å². The predicted octanol–water partition coefficient (Wildman–Crippen LogP) is 3.90. The molecule has 1 aromatic carbocycles. The molecule has 0 unspecified atom stereocenters. The van der Waals surface area contributed by atoms with Crippen LogP contribution in [-0.4, -0.2) is 8.42 Å². The lowest BCUT2D eigenvalue weighted by Gasteiger charge is -2.11. The van der Waals surface area contributed by atoms with Crippen molar-refractivity contribution in [2.75, 3.05) is 0 Å². The van der Waals surface area contributed by atoms with Crippen LogP contribution in [0, 0.1) is 0 Å². The highest BCUT2D eigenvalue weighted by molar-refractivity contribution is 7.89. The Hall–Kier alpha value is -1.09. The van der Waals surface area contributed by atoms with E-state index in [1.54, 1.807) is 16.8 Å². The van der Waals surface area contributed by atoms with Crippen LogP contribution >= 0.6 is 22.9 Å². The van der Waals surface area contributed by atoms with E-state index in [4.69, 9.17) is 11.6 Å². The van der Waals surface area contributed by atoms with Gasteiger partial charge in [-0.1, -0.05) is 11.6 Å². The average Bonchev–Trinajstić information content (AvgIpc) is 2.88. The molecule has 0 fully saturated rings. The van der Waals surface area contributed by atoms with Gasteiger partial charge in [0.1, 0.15) is 4.90 Å². The molecule has 0 aliphatic heterocycles. The maximum absolute atomic E-state index is 12.6. The summed E-state index contributed by atoms with van der Waals surface area (Å²) in [7, 11) is -4.13. The summed E-state index contributed by atoms with van der Waals surface area (Å²) >= 11 is 7.09. The maximum Gasteiger partial charge on any atom is 0.416 e. The molecule has 9 heteroatoms. The number of hydrogen-bond donors (Lipinski definition) is 1. The molecule has 2 aromatic rings. The second-order valence-corrected chi connectivity index (χ2v) is 7.02. The van der Waals surface area contributed by atoms with E-state index in [9.17, 15) is 21.6 Å². The van der Waals surface area contributed by atoms with Gasteiger partial charge in [-0.15, -0.1) is 0 Å². The summed E-state index contributed by atoms with van der Waals surface area (Å²) in [5.74, 6) is 0. The van der Waals surface area contributed by atoms with Crippen molar-refractivity contribution in [3.63, 3.8) is 0 Å². The first-order valence-corrected chi connectivity index (χ1v) is 8.38. The van der Waals surface area contributed by atoms with Crippen molar-refractivity contribution < 1.29 is 21.6 Å². The molecular formula is C12H9ClF3NO2S2. The van der Waals surface area contributed by atoms with Gasteiger partial charge in [0.2, 0.25) is 10.0 Å². The number of rotatable bonds is 4. The van der Waals surface area contributed by atoms with Crippen LogP contribution in [0.25, 0.3) is 0 Å².